The number of hydrogen-bond acceptors (Lipinski definition) is 5. The van der Waals surface area contributed by atoms with Crippen molar-refractivity contribution < 1.29 is 13.9 Å². The molecule has 0 aliphatic rings. The topological polar surface area (TPSA) is 68.5 Å². The van der Waals surface area contributed by atoms with Crippen LogP contribution in [0.15, 0.2) is 53.7 Å². The molecule has 1 amide bonds. The molecule has 0 saturated carbocycles. The first kappa shape index (κ1) is 18.2. The average molecular weight is 396 g/mol. The van der Waals surface area contributed by atoms with Crippen LogP contribution in [0.4, 0.5) is 10.1 Å². The fraction of sp³-hybridized carbons (Fsp3) is 0.150. The third-order valence-electron chi connectivity index (χ3n) is 4.32. The Bertz CT molecular complexity index is 1190. The van der Waals surface area contributed by atoms with Crippen molar-refractivity contribution >= 4 is 39.9 Å². The van der Waals surface area contributed by atoms with E-state index in [4.69, 9.17) is 4.74 Å². The van der Waals surface area contributed by atoms with Crippen LogP contribution in [0, 0.1) is 12.7 Å². The molecule has 0 atom stereocenters. The lowest BCUT2D eigenvalue weighted by atomic mass is 10.1. The zero-order valence-electron chi connectivity index (χ0n) is 15.3. The highest BCUT2D eigenvalue weighted by molar-refractivity contribution is 7.99. The minimum atomic E-state index is -0.398. The number of aryl methyl sites for hydroxylation is 1. The largest absolute Gasteiger partial charge is 0.497 e. The Morgan fingerprint density at radius 3 is 2.86 bits per heavy atom. The second-order valence-corrected chi connectivity index (χ2v) is 7.18. The molecule has 1 N–H and O–H groups in total. The number of methoxy groups -OCH3 is 1. The number of rotatable bonds is 5. The summed E-state index contributed by atoms with van der Waals surface area (Å²) in [5.74, 6) is 0.204. The molecule has 0 aliphatic carbocycles. The molecule has 4 aromatic rings. The maximum Gasteiger partial charge on any atom is 0.234 e. The second kappa shape index (κ2) is 7.47. The van der Waals surface area contributed by atoms with Crippen LogP contribution in [0.5, 0.6) is 5.75 Å². The molecule has 2 heterocycles. The Kier molecular flexibility index (Phi) is 4.87. The highest BCUT2D eigenvalue weighted by Gasteiger charge is 2.14. The Hall–Kier alpha value is -3.13. The van der Waals surface area contributed by atoms with Gasteiger partial charge < -0.3 is 10.1 Å². The van der Waals surface area contributed by atoms with Crippen LogP contribution in [0.2, 0.25) is 0 Å². The van der Waals surface area contributed by atoms with E-state index in [1.165, 1.54) is 23.9 Å². The van der Waals surface area contributed by atoms with Gasteiger partial charge in [-0.1, -0.05) is 17.8 Å². The molecule has 8 heteroatoms. The average Bonchev–Trinajstić information content (AvgIpc) is 3.09. The van der Waals surface area contributed by atoms with Crippen LogP contribution in [0.25, 0.3) is 16.6 Å². The fourth-order valence-corrected chi connectivity index (χ4v) is 3.77. The number of nitrogens with zero attached hydrogens (tertiary/aromatic N) is 3. The van der Waals surface area contributed by atoms with Gasteiger partial charge in [-0.3, -0.25) is 9.20 Å². The summed E-state index contributed by atoms with van der Waals surface area (Å²) in [6.45, 7) is 2.02. The maximum absolute atomic E-state index is 13.3. The molecule has 0 spiro atoms. The van der Waals surface area contributed by atoms with E-state index < -0.39 is 5.82 Å². The number of fused-ring (bicyclic) bond motifs is 3. The first-order chi connectivity index (χ1) is 13.5. The number of anilines is 1. The Morgan fingerprint density at radius 1 is 1.21 bits per heavy atom. The summed E-state index contributed by atoms with van der Waals surface area (Å²) in [6.07, 6.45) is 0. The highest BCUT2D eigenvalue weighted by Crippen LogP contribution is 2.28. The predicted molar refractivity (Wildman–Crippen MR) is 108 cm³/mol. The number of halogens is 1. The molecular weight excluding hydrogens is 379 g/mol. The van der Waals surface area contributed by atoms with E-state index in [1.807, 2.05) is 35.6 Å². The van der Waals surface area contributed by atoms with Gasteiger partial charge in [0, 0.05) is 17.1 Å². The molecule has 0 radical (unpaired) electrons. The maximum atomic E-state index is 13.3. The smallest absolute Gasteiger partial charge is 0.234 e. The number of amides is 1. The van der Waals surface area contributed by atoms with E-state index in [-0.39, 0.29) is 11.7 Å². The molecule has 2 aromatic carbocycles. The number of thioether (sulfide) groups is 1. The van der Waals surface area contributed by atoms with Crippen molar-refractivity contribution in [3.63, 3.8) is 0 Å². The van der Waals surface area contributed by atoms with E-state index in [2.05, 4.69) is 15.5 Å². The molecule has 6 nitrogen and oxygen atoms in total. The second-order valence-electron chi connectivity index (χ2n) is 6.23. The summed E-state index contributed by atoms with van der Waals surface area (Å²) in [4.78, 5) is 12.2. The summed E-state index contributed by atoms with van der Waals surface area (Å²) in [5.41, 5.74) is 3.11. The van der Waals surface area contributed by atoms with Gasteiger partial charge in [-0.2, -0.15) is 0 Å². The third kappa shape index (κ3) is 3.50. The molecule has 0 bridgehead atoms. The van der Waals surface area contributed by atoms with E-state index in [0.717, 1.165) is 22.2 Å². The van der Waals surface area contributed by atoms with Gasteiger partial charge in [0.25, 0.3) is 0 Å². The van der Waals surface area contributed by atoms with Crippen molar-refractivity contribution in [2.75, 3.05) is 18.2 Å². The van der Waals surface area contributed by atoms with Gasteiger partial charge in [0.05, 0.1) is 18.4 Å². The molecule has 0 unspecified atom stereocenters. The zero-order chi connectivity index (χ0) is 19.7. The third-order valence-corrected chi connectivity index (χ3v) is 5.24. The number of hydrogen-bond donors (Lipinski definition) is 1. The zero-order valence-corrected chi connectivity index (χ0v) is 16.1. The summed E-state index contributed by atoms with van der Waals surface area (Å²) < 4.78 is 20.5. The van der Waals surface area contributed by atoms with Crippen molar-refractivity contribution in [2.24, 2.45) is 0 Å². The van der Waals surface area contributed by atoms with Crippen molar-refractivity contribution in [1.29, 1.82) is 0 Å². The number of aromatic nitrogens is 3. The van der Waals surface area contributed by atoms with E-state index >= 15 is 0 Å². The minimum Gasteiger partial charge on any atom is -0.497 e. The number of carbonyl (C=O) groups excluding carboxylic acids is 1. The lowest BCUT2D eigenvalue weighted by Gasteiger charge is -2.09. The van der Waals surface area contributed by atoms with Crippen LogP contribution in [-0.4, -0.2) is 33.4 Å². The number of pyridine rings is 1. The summed E-state index contributed by atoms with van der Waals surface area (Å²) in [5, 5.41) is 12.8. The molecule has 0 aliphatic heterocycles. The van der Waals surface area contributed by atoms with Crippen LogP contribution < -0.4 is 10.1 Å². The fourth-order valence-electron chi connectivity index (χ4n) is 3.02. The first-order valence-electron chi connectivity index (χ1n) is 8.56. The SMILES string of the molecule is COc1ccc2c(C)cc3nnc(SCC(=O)Nc4cccc(F)c4)n3c2c1. The predicted octanol–water partition coefficient (Wildman–Crippen LogP) is 4.07. The Labute approximate surface area is 164 Å². The van der Waals surface area contributed by atoms with Gasteiger partial charge in [-0.05, 0) is 48.9 Å². The highest BCUT2D eigenvalue weighted by atomic mass is 32.2. The van der Waals surface area contributed by atoms with Gasteiger partial charge in [-0.15, -0.1) is 10.2 Å². The van der Waals surface area contributed by atoms with Crippen LogP contribution in [0.1, 0.15) is 5.56 Å². The normalized spacial score (nSPS) is 11.1. The summed E-state index contributed by atoms with van der Waals surface area (Å²) in [7, 11) is 1.62. The molecule has 2 aromatic heterocycles. The van der Waals surface area contributed by atoms with E-state index in [1.54, 1.807) is 19.2 Å². The monoisotopic (exact) mass is 396 g/mol. The Morgan fingerprint density at radius 2 is 2.07 bits per heavy atom. The van der Waals surface area contributed by atoms with Crippen molar-refractivity contribution in [1.82, 2.24) is 14.6 Å². The minimum absolute atomic E-state index is 0.122. The molecule has 4 rings (SSSR count). The van der Waals surface area contributed by atoms with E-state index in [0.29, 0.717) is 16.5 Å². The van der Waals surface area contributed by atoms with E-state index in [9.17, 15) is 9.18 Å². The molecule has 142 valence electrons. The lowest BCUT2D eigenvalue weighted by Crippen LogP contribution is -2.14. The van der Waals surface area contributed by atoms with Gasteiger partial charge in [0.1, 0.15) is 11.6 Å². The van der Waals surface area contributed by atoms with Crippen LogP contribution in [0.3, 0.4) is 0 Å². The van der Waals surface area contributed by atoms with Crippen LogP contribution >= 0.6 is 11.8 Å². The van der Waals surface area contributed by atoms with Crippen molar-refractivity contribution in [3.05, 3.63) is 59.9 Å². The van der Waals surface area contributed by atoms with Crippen molar-refractivity contribution in [2.45, 2.75) is 12.1 Å². The lowest BCUT2D eigenvalue weighted by molar-refractivity contribution is -0.113. The van der Waals surface area contributed by atoms with Gasteiger partial charge in [0.2, 0.25) is 5.91 Å². The molecular formula is C20H17FN4O2S. The van der Waals surface area contributed by atoms with Crippen LogP contribution in [-0.2, 0) is 4.79 Å². The molecule has 0 saturated heterocycles. The number of ether oxygens (including phenoxy) is 1. The summed E-state index contributed by atoms with van der Waals surface area (Å²) in [6, 6.07) is 13.6. The van der Waals surface area contributed by atoms with Gasteiger partial charge in [0.15, 0.2) is 10.8 Å². The van der Waals surface area contributed by atoms with Crippen molar-refractivity contribution in [3.8, 4) is 5.75 Å². The number of nitrogens with one attached hydrogen (secondary N) is 1. The number of carbonyl (C=O) groups is 1. The molecule has 28 heavy (non-hydrogen) atoms. The standard InChI is InChI=1S/C20H17FN4O2S/c1-12-8-18-23-24-20(25(18)17-10-15(27-2)6-7-16(12)17)28-11-19(26)22-14-5-3-4-13(21)9-14/h3-10H,11H2,1-2H3,(H,22,26). The summed E-state index contributed by atoms with van der Waals surface area (Å²) >= 11 is 1.27. The Balaban J connectivity index is 1.62. The first-order valence-corrected chi connectivity index (χ1v) is 9.54. The number of benzene rings is 2. The van der Waals surface area contributed by atoms with Gasteiger partial charge >= 0.3 is 0 Å². The quantitative estimate of drug-likeness (QED) is 0.515. The van der Waals surface area contributed by atoms with Gasteiger partial charge in [-0.25, -0.2) is 4.39 Å². The molecule has 0 fully saturated rings.